The molecule has 0 bridgehead atoms. The Morgan fingerprint density at radius 1 is 1.31 bits per heavy atom. The van der Waals surface area contributed by atoms with Crippen LogP contribution in [-0.4, -0.2) is 0 Å². The zero-order valence-corrected chi connectivity index (χ0v) is 6.44. The summed E-state index contributed by atoms with van der Waals surface area (Å²) in [6.45, 7) is 0. The summed E-state index contributed by atoms with van der Waals surface area (Å²) in [7, 11) is 0. The summed E-state index contributed by atoms with van der Waals surface area (Å²) >= 11 is 0. The van der Waals surface area contributed by atoms with E-state index in [1.165, 1.54) is 6.07 Å². The van der Waals surface area contributed by atoms with E-state index >= 15 is 0 Å². The van der Waals surface area contributed by atoms with Crippen LogP contribution >= 0.6 is 0 Å². The molecule has 0 aliphatic heterocycles. The van der Waals surface area contributed by atoms with E-state index in [1.807, 2.05) is 5.92 Å². The summed E-state index contributed by atoms with van der Waals surface area (Å²) in [5, 5.41) is 8.11. The SMILES string of the molecule is N#CC#Cc1cc(F)cc(F)c1N. The van der Waals surface area contributed by atoms with E-state index in [4.69, 9.17) is 11.0 Å². The van der Waals surface area contributed by atoms with Gasteiger partial charge < -0.3 is 5.73 Å². The fourth-order valence-corrected chi connectivity index (χ4v) is 0.783. The van der Waals surface area contributed by atoms with Gasteiger partial charge in [-0.1, -0.05) is 0 Å². The highest BCUT2D eigenvalue weighted by Gasteiger charge is 2.05. The summed E-state index contributed by atoms with van der Waals surface area (Å²) in [6.07, 6.45) is 0. The summed E-state index contributed by atoms with van der Waals surface area (Å²) in [5.74, 6) is 2.59. The zero-order chi connectivity index (χ0) is 9.84. The quantitative estimate of drug-likeness (QED) is 0.482. The van der Waals surface area contributed by atoms with E-state index < -0.39 is 11.6 Å². The first-order valence-electron chi connectivity index (χ1n) is 3.29. The highest BCUT2D eigenvalue weighted by molar-refractivity contribution is 5.57. The third-order valence-corrected chi connectivity index (χ3v) is 1.35. The number of hydrogen-bond donors (Lipinski definition) is 1. The Balaban J connectivity index is 3.30. The largest absolute Gasteiger partial charge is 0.395 e. The van der Waals surface area contributed by atoms with Crippen molar-refractivity contribution < 1.29 is 8.78 Å². The molecular formula is C9H4F2N2. The first-order valence-corrected chi connectivity index (χ1v) is 3.29. The minimum atomic E-state index is -0.873. The Bertz CT molecular complexity index is 435. The molecule has 0 aromatic heterocycles. The van der Waals surface area contributed by atoms with Crippen LogP contribution in [0.25, 0.3) is 0 Å². The molecule has 0 saturated carbocycles. The van der Waals surface area contributed by atoms with Crippen molar-refractivity contribution in [1.82, 2.24) is 0 Å². The predicted molar refractivity (Wildman–Crippen MR) is 43.3 cm³/mol. The molecule has 0 saturated heterocycles. The molecule has 2 nitrogen and oxygen atoms in total. The normalized spacial score (nSPS) is 8.38. The van der Waals surface area contributed by atoms with E-state index in [1.54, 1.807) is 0 Å². The van der Waals surface area contributed by atoms with Crippen LogP contribution in [0, 0.1) is 34.8 Å². The van der Waals surface area contributed by atoms with Gasteiger partial charge in [-0.05, 0) is 12.0 Å². The van der Waals surface area contributed by atoms with Crippen molar-refractivity contribution in [3.05, 3.63) is 29.3 Å². The minimum absolute atomic E-state index is 0.0148. The van der Waals surface area contributed by atoms with Crippen molar-refractivity contribution >= 4 is 5.69 Å². The smallest absolute Gasteiger partial charge is 0.152 e. The fraction of sp³-hybridized carbons (Fsp3) is 0. The topological polar surface area (TPSA) is 49.8 Å². The van der Waals surface area contributed by atoms with Crippen molar-refractivity contribution in [1.29, 1.82) is 5.26 Å². The van der Waals surface area contributed by atoms with Gasteiger partial charge >= 0.3 is 0 Å². The van der Waals surface area contributed by atoms with Crippen LogP contribution < -0.4 is 5.73 Å². The lowest BCUT2D eigenvalue weighted by Crippen LogP contribution is -1.96. The second-order valence-corrected chi connectivity index (χ2v) is 2.21. The average Bonchev–Trinajstić information content (AvgIpc) is 2.09. The van der Waals surface area contributed by atoms with Crippen LogP contribution in [0.15, 0.2) is 12.1 Å². The fourth-order valence-electron chi connectivity index (χ4n) is 0.783. The second-order valence-electron chi connectivity index (χ2n) is 2.21. The molecule has 0 spiro atoms. The van der Waals surface area contributed by atoms with Crippen molar-refractivity contribution in [2.24, 2.45) is 0 Å². The van der Waals surface area contributed by atoms with Gasteiger partial charge in [0, 0.05) is 12.0 Å². The Labute approximate surface area is 73.6 Å². The van der Waals surface area contributed by atoms with Crippen LogP contribution in [-0.2, 0) is 0 Å². The van der Waals surface area contributed by atoms with Crippen LogP contribution in [0.3, 0.4) is 0 Å². The second kappa shape index (κ2) is 3.55. The molecule has 0 atom stereocenters. The van der Waals surface area contributed by atoms with Crippen LogP contribution in [0.1, 0.15) is 5.56 Å². The zero-order valence-electron chi connectivity index (χ0n) is 6.44. The molecule has 1 rings (SSSR count). The van der Waals surface area contributed by atoms with E-state index in [2.05, 4.69) is 5.92 Å². The summed E-state index contributed by atoms with van der Waals surface area (Å²) < 4.78 is 25.3. The molecule has 4 heteroatoms. The molecule has 0 aliphatic rings. The van der Waals surface area contributed by atoms with Gasteiger partial charge in [0.25, 0.3) is 0 Å². The first kappa shape index (κ1) is 9.02. The van der Waals surface area contributed by atoms with Gasteiger partial charge in [0.05, 0.1) is 11.3 Å². The van der Waals surface area contributed by atoms with Gasteiger partial charge in [0.1, 0.15) is 11.6 Å². The Hall–Kier alpha value is -2.07. The van der Waals surface area contributed by atoms with Gasteiger partial charge in [0.2, 0.25) is 0 Å². The number of halogens is 2. The van der Waals surface area contributed by atoms with E-state index in [-0.39, 0.29) is 11.3 Å². The van der Waals surface area contributed by atoms with Gasteiger partial charge in [-0.15, -0.1) is 0 Å². The predicted octanol–water partition coefficient (Wildman–Crippen LogP) is 1.42. The number of rotatable bonds is 0. The Kier molecular flexibility index (Phi) is 2.47. The molecule has 1 aromatic carbocycles. The van der Waals surface area contributed by atoms with Crippen molar-refractivity contribution in [3.63, 3.8) is 0 Å². The molecule has 64 valence electrons. The monoisotopic (exact) mass is 178 g/mol. The Morgan fingerprint density at radius 2 is 2.00 bits per heavy atom. The molecule has 0 unspecified atom stereocenters. The highest BCUT2D eigenvalue weighted by Crippen LogP contribution is 2.16. The number of nitrogen functional groups attached to an aromatic ring is 1. The number of nitrogens with two attached hydrogens (primary N) is 1. The molecule has 0 aliphatic carbocycles. The van der Waals surface area contributed by atoms with Crippen LogP contribution in [0.2, 0.25) is 0 Å². The third-order valence-electron chi connectivity index (χ3n) is 1.35. The van der Waals surface area contributed by atoms with E-state index in [0.29, 0.717) is 6.07 Å². The molecule has 0 fully saturated rings. The lowest BCUT2D eigenvalue weighted by molar-refractivity contribution is 0.586. The molecule has 1 aromatic rings. The van der Waals surface area contributed by atoms with Gasteiger partial charge in [-0.3, -0.25) is 0 Å². The van der Waals surface area contributed by atoms with Crippen LogP contribution in [0.5, 0.6) is 0 Å². The van der Waals surface area contributed by atoms with Gasteiger partial charge in [0.15, 0.2) is 6.07 Å². The average molecular weight is 178 g/mol. The third kappa shape index (κ3) is 1.94. The van der Waals surface area contributed by atoms with E-state index in [0.717, 1.165) is 6.07 Å². The van der Waals surface area contributed by atoms with Crippen molar-refractivity contribution in [2.75, 3.05) is 5.73 Å². The molecule has 13 heavy (non-hydrogen) atoms. The maximum Gasteiger partial charge on any atom is 0.152 e. The molecule has 2 N–H and O–H groups in total. The number of hydrogen-bond acceptors (Lipinski definition) is 2. The lowest BCUT2D eigenvalue weighted by Gasteiger charge is -1.99. The van der Waals surface area contributed by atoms with E-state index in [9.17, 15) is 8.78 Å². The maximum atomic E-state index is 12.8. The number of nitrogens with zero attached hydrogens (tertiary/aromatic N) is 1. The highest BCUT2D eigenvalue weighted by atomic mass is 19.1. The standard InChI is InChI=1S/C9H4F2N2/c10-7-4-6(2-1-3-12)9(13)8(11)5-7/h4-5H,13H2. The number of nitriles is 1. The Morgan fingerprint density at radius 3 is 2.62 bits per heavy atom. The molecule has 0 radical (unpaired) electrons. The number of benzene rings is 1. The molecule has 0 heterocycles. The number of anilines is 1. The van der Waals surface area contributed by atoms with Crippen molar-refractivity contribution in [2.45, 2.75) is 0 Å². The first-order chi connectivity index (χ1) is 6.15. The van der Waals surface area contributed by atoms with Gasteiger partial charge in [-0.25, -0.2) is 8.78 Å². The maximum absolute atomic E-state index is 12.8. The molecule has 0 amide bonds. The van der Waals surface area contributed by atoms with Crippen molar-refractivity contribution in [3.8, 4) is 17.9 Å². The summed E-state index contributed by atoms with van der Waals surface area (Å²) in [5.41, 5.74) is 4.98. The minimum Gasteiger partial charge on any atom is -0.395 e. The lowest BCUT2D eigenvalue weighted by atomic mass is 10.1. The summed E-state index contributed by atoms with van der Waals surface area (Å²) in [4.78, 5) is 0. The molecular weight excluding hydrogens is 174 g/mol. The van der Waals surface area contributed by atoms with Crippen LogP contribution in [0.4, 0.5) is 14.5 Å². The summed E-state index contributed by atoms with van der Waals surface area (Å²) in [6, 6.07) is 3.16. The van der Waals surface area contributed by atoms with Gasteiger partial charge in [-0.2, -0.15) is 5.26 Å².